The second-order valence-corrected chi connectivity index (χ2v) is 5.72. The first-order valence-electron chi connectivity index (χ1n) is 5.89. The van der Waals surface area contributed by atoms with Gasteiger partial charge in [0.05, 0.1) is 0 Å². The van der Waals surface area contributed by atoms with E-state index in [9.17, 15) is 14.7 Å². The molecule has 6 nitrogen and oxygen atoms in total. The van der Waals surface area contributed by atoms with Crippen LogP contribution in [0.25, 0.3) is 0 Å². The summed E-state index contributed by atoms with van der Waals surface area (Å²) in [6.07, 6.45) is 2.25. The quantitative estimate of drug-likeness (QED) is 0.865. The monoisotopic (exact) mass is 326 g/mol. The normalized spacial score (nSPS) is 23.6. The number of nitrogens with one attached hydrogen (secondary N) is 1. The standard InChI is InChI=1S/C12H11BrN2O4/c13-6-4-7-9(14-5-6)15-10(16)8(19-7)12(11(17)18)2-1-3-12/h4-5,8H,1-3H2,(H,17,18)(H,14,15,16). The first-order valence-corrected chi connectivity index (χ1v) is 6.69. The van der Waals surface area contributed by atoms with Gasteiger partial charge < -0.3 is 15.2 Å². The zero-order valence-electron chi connectivity index (χ0n) is 9.85. The number of pyridine rings is 1. The maximum absolute atomic E-state index is 12.0. The first-order chi connectivity index (χ1) is 9.03. The number of nitrogens with zero attached hydrogens (tertiary/aromatic N) is 1. The molecule has 1 aromatic rings. The van der Waals surface area contributed by atoms with Crippen molar-refractivity contribution in [2.75, 3.05) is 5.32 Å². The molecule has 0 bridgehead atoms. The first kappa shape index (κ1) is 12.4. The fraction of sp³-hybridized carbons (Fsp3) is 0.417. The highest BCUT2D eigenvalue weighted by Crippen LogP contribution is 2.47. The Morgan fingerprint density at radius 3 is 2.89 bits per heavy atom. The van der Waals surface area contributed by atoms with Crippen molar-refractivity contribution in [1.29, 1.82) is 0 Å². The Kier molecular flexibility index (Phi) is 2.74. The van der Waals surface area contributed by atoms with E-state index in [1.54, 1.807) is 12.3 Å². The summed E-state index contributed by atoms with van der Waals surface area (Å²) in [5.41, 5.74) is -1.11. The van der Waals surface area contributed by atoms with Crippen molar-refractivity contribution in [2.45, 2.75) is 25.4 Å². The Bertz CT molecular complexity index is 571. The number of halogens is 1. The van der Waals surface area contributed by atoms with Crippen LogP contribution in [0.1, 0.15) is 19.3 Å². The molecule has 1 aliphatic heterocycles. The van der Waals surface area contributed by atoms with Crippen LogP contribution in [0.4, 0.5) is 5.82 Å². The van der Waals surface area contributed by atoms with Crippen LogP contribution in [0.3, 0.4) is 0 Å². The molecule has 2 heterocycles. The number of carboxylic acids is 1. The topological polar surface area (TPSA) is 88.5 Å². The summed E-state index contributed by atoms with van der Waals surface area (Å²) < 4.78 is 6.32. The minimum absolute atomic E-state index is 0.323. The van der Waals surface area contributed by atoms with Crippen LogP contribution in [0.2, 0.25) is 0 Å². The van der Waals surface area contributed by atoms with E-state index in [1.165, 1.54) is 0 Å². The number of ether oxygens (including phenoxy) is 1. The summed E-state index contributed by atoms with van der Waals surface area (Å²) in [5, 5.41) is 12.0. The summed E-state index contributed by atoms with van der Waals surface area (Å²) in [6, 6.07) is 1.67. The van der Waals surface area contributed by atoms with Crippen LogP contribution >= 0.6 is 15.9 Å². The molecule has 1 aromatic heterocycles. The molecular formula is C12H11BrN2O4. The smallest absolute Gasteiger partial charge is 0.313 e. The Balaban J connectivity index is 1.97. The number of aliphatic carboxylic acids is 1. The van der Waals surface area contributed by atoms with Gasteiger partial charge in [0.1, 0.15) is 5.41 Å². The molecule has 7 heteroatoms. The van der Waals surface area contributed by atoms with E-state index in [0.717, 1.165) is 6.42 Å². The van der Waals surface area contributed by atoms with Crippen LogP contribution in [0, 0.1) is 5.41 Å². The van der Waals surface area contributed by atoms with Crippen LogP contribution in [0.5, 0.6) is 5.75 Å². The number of carboxylic acid groups (broad SMARTS) is 1. The minimum Gasteiger partial charge on any atom is -0.481 e. The average molecular weight is 327 g/mol. The van der Waals surface area contributed by atoms with Gasteiger partial charge in [-0.1, -0.05) is 6.42 Å². The Labute approximate surface area is 117 Å². The fourth-order valence-electron chi connectivity index (χ4n) is 2.48. The van der Waals surface area contributed by atoms with Crippen molar-refractivity contribution in [3.63, 3.8) is 0 Å². The van der Waals surface area contributed by atoms with E-state index < -0.39 is 23.4 Å². The van der Waals surface area contributed by atoms with Gasteiger partial charge in [-0.25, -0.2) is 4.98 Å². The predicted octanol–water partition coefficient (Wildman–Crippen LogP) is 1.80. The zero-order valence-corrected chi connectivity index (χ0v) is 11.4. The average Bonchev–Trinajstić information content (AvgIpc) is 2.28. The Morgan fingerprint density at radius 1 is 1.58 bits per heavy atom. The summed E-state index contributed by atoms with van der Waals surface area (Å²) in [6.45, 7) is 0. The zero-order chi connectivity index (χ0) is 13.6. The number of carbonyl (C=O) groups is 2. The van der Waals surface area contributed by atoms with Gasteiger partial charge in [0.2, 0.25) is 0 Å². The van der Waals surface area contributed by atoms with Gasteiger partial charge in [0.25, 0.3) is 5.91 Å². The molecule has 2 N–H and O–H groups in total. The number of amides is 1. The highest BCUT2D eigenvalue weighted by molar-refractivity contribution is 9.10. The molecule has 1 amide bonds. The molecule has 1 fully saturated rings. The maximum Gasteiger partial charge on any atom is 0.313 e. The molecule has 2 aliphatic rings. The lowest BCUT2D eigenvalue weighted by atomic mass is 9.64. The van der Waals surface area contributed by atoms with Gasteiger partial charge in [-0.3, -0.25) is 9.59 Å². The minimum atomic E-state index is -1.11. The molecule has 0 aromatic carbocycles. The van der Waals surface area contributed by atoms with Crippen molar-refractivity contribution in [3.8, 4) is 5.75 Å². The van der Waals surface area contributed by atoms with E-state index in [0.29, 0.717) is 28.9 Å². The molecule has 0 saturated heterocycles. The molecule has 0 spiro atoms. The molecule has 3 rings (SSSR count). The number of aromatic nitrogens is 1. The van der Waals surface area contributed by atoms with Gasteiger partial charge in [-0.15, -0.1) is 0 Å². The third kappa shape index (κ3) is 1.80. The number of anilines is 1. The van der Waals surface area contributed by atoms with Crippen molar-refractivity contribution in [3.05, 3.63) is 16.7 Å². The van der Waals surface area contributed by atoms with E-state index in [-0.39, 0.29) is 0 Å². The predicted molar refractivity (Wildman–Crippen MR) is 68.9 cm³/mol. The van der Waals surface area contributed by atoms with E-state index in [4.69, 9.17) is 4.74 Å². The molecule has 1 atom stereocenters. The molecule has 1 unspecified atom stereocenters. The molecule has 0 radical (unpaired) electrons. The lowest BCUT2D eigenvalue weighted by Crippen LogP contribution is -2.57. The molecule has 1 aliphatic carbocycles. The summed E-state index contributed by atoms with van der Waals surface area (Å²) in [7, 11) is 0. The second-order valence-electron chi connectivity index (χ2n) is 4.80. The number of hydrogen-bond donors (Lipinski definition) is 2. The number of carbonyl (C=O) groups excluding carboxylic acids is 1. The van der Waals surface area contributed by atoms with E-state index in [1.807, 2.05) is 0 Å². The van der Waals surface area contributed by atoms with Crippen LogP contribution in [-0.2, 0) is 9.59 Å². The number of hydrogen-bond acceptors (Lipinski definition) is 4. The molecular weight excluding hydrogens is 316 g/mol. The van der Waals surface area contributed by atoms with Gasteiger partial charge >= 0.3 is 5.97 Å². The Hall–Kier alpha value is -1.63. The van der Waals surface area contributed by atoms with Crippen LogP contribution in [-0.4, -0.2) is 28.1 Å². The lowest BCUT2D eigenvalue weighted by Gasteiger charge is -2.43. The third-order valence-electron chi connectivity index (χ3n) is 3.72. The van der Waals surface area contributed by atoms with Crippen LogP contribution in [0.15, 0.2) is 16.7 Å². The van der Waals surface area contributed by atoms with Crippen molar-refractivity contribution in [2.24, 2.45) is 5.41 Å². The largest absolute Gasteiger partial charge is 0.481 e. The van der Waals surface area contributed by atoms with Gasteiger partial charge in [0, 0.05) is 10.7 Å². The SMILES string of the molecule is O=C1Nc2ncc(Br)cc2OC1C1(C(=O)O)CCC1. The van der Waals surface area contributed by atoms with Gasteiger partial charge in [0.15, 0.2) is 17.7 Å². The van der Waals surface area contributed by atoms with E-state index in [2.05, 4.69) is 26.2 Å². The number of fused-ring (bicyclic) bond motifs is 1. The summed E-state index contributed by atoms with van der Waals surface area (Å²) in [4.78, 5) is 27.5. The van der Waals surface area contributed by atoms with Crippen molar-refractivity contribution in [1.82, 2.24) is 4.98 Å². The molecule has 1 saturated carbocycles. The summed E-state index contributed by atoms with van der Waals surface area (Å²) >= 11 is 3.26. The Morgan fingerprint density at radius 2 is 2.32 bits per heavy atom. The third-order valence-corrected chi connectivity index (χ3v) is 4.15. The highest BCUT2D eigenvalue weighted by atomic mass is 79.9. The highest BCUT2D eigenvalue weighted by Gasteiger charge is 2.56. The second kappa shape index (κ2) is 4.19. The summed E-state index contributed by atoms with van der Waals surface area (Å²) in [5.74, 6) is -0.703. The van der Waals surface area contributed by atoms with Crippen molar-refractivity contribution < 1.29 is 19.4 Å². The van der Waals surface area contributed by atoms with Gasteiger partial charge in [-0.05, 0) is 34.8 Å². The maximum atomic E-state index is 12.0. The lowest BCUT2D eigenvalue weighted by molar-refractivity contribution is -0.167. The fourth-order valence-corrected chi connectivity index (χ4v) is 2.79. The molecule has 100 valence electrons. The van der Waals surface area contributed by atoms with E-state index >= 15 is 0 Å². The van der Waals surface area contributed by atoms with Gasteiger partial charge in [-0.2, -0.15) is 0 Å². The van der Waals surface area contributed by atoms with Crippen LogP contribution < -0.4 is 10.1 Å². The number of rotatable bonds is 2. The molecule has 19 heavy (non-hydrogen) atoms. The van der Waals surface area contributed by atoms with Crippen molar-refractivity contribution >= 4 is 33.6 Å².